The molecule has 1 aromatic heterocycles. The Hall–Kier alpha value is -3.34. The number of methoxy groups -OCH3 is 1. The van der Waals surface area contributed by atoms with Crippen molar-refractivity contribution in [3.63, 3.8) is 0 Å². The van der Waals surface area contributed by atoms with Crippen molar-refractivity contribution in [3.8, 4) is 0 Å². The molecule has 0 unspecified atom stereocenters. The number of esters is 1. The van der Waals surface area contributed by atoms with E-state index in [1.165, 1.54) is 0 Å². The Kier molecular flexibility index (Phi) is 4.66. The highest BCUT2D eigenvalue weighted by molar-refractivity contribution is 6.39. The van der Waals surface area contributed by atoms with Crippen molar-refractivity contribution in [3.05, 3.63) is 77.8 Å². The Labute approximate surface area is 144 Å². The van der Waals surface area contributed by atoms with Crippen molar-refractivity contribution in [2.45, 2.75) is 6.42 Å². The molecule has 3 rings (SSSR count). The van der Waals surface area contributed by atoms with E-state index in [0.717, 1.165) is 29.5 Å². The van der Waals surface area contributed by atoms with Crippen LogP contribution < -0.4 is 0 Å². The van der Waals surface area contributed by atoms with E-state index >= 15 is 0 Å². The molecular weight excluding hydrogens is 320 g/mol. The molecule has 126 valence electrons. The van der Waals surface area contributed by atoms with Crippen LogP contribution >= 0.6 is 0 Å². The maximum atomic E-state index is 11.4. The van der Waals surface area contributed by atoms with Crippen LogP contribution in [-0.2, 0) is 20.7 Å². The summed E-state index contributed by atoms with van der Waals surface area (Å²) in [5.74, 6) is -1.66. The molecule has 0 spiro atoms. The molecule has 25 heavy (non-hydrogen) atoms. The SMILES string of the molecule is COC(=O)C(=O)C=C(O)c1ccc(Cc2cccc3ccccc23)o1. The number of carbonyl (C=O) groups excluding carboxylic acids is 2. The van der Waals surface area contributed by atoms with Gasteiger partial charge >= 0.3 is 5.97 Å². The fraction of sp³-hybridized carbons (Fsp3) is 0.100. The van der Waals surface area contributed by atoms with Gasteiger partial charge in [0.25, 0.3) is 5.78 Å². The van der Waals surface area contributed by atoms with Crippen LogP contribution in [0.25, 0.3) is 16.5 Å². The highest BCUT2D eigenvalue weighted by atomic mass is 16.5. The third-order valence-electron chi connectivity index (χ3n) is 3.81. The van der Waals surface area contributed by atoms with Crippen molar-refractivity contribution >= 4 is 28.3 Å². The number of ketones is 1. The normalized spacial score (nSPS) is 11.5. The summed E-state index contributed by atoms with van der Waals surface area (Å²) in [6.07, 6.45) is 1.33. The number of rotatable bonds is 5. The van der Waals surface area contributed by atoms with Crippen LogP contribution in [0.15, 0.2) is 65.1 Å². The second kappa shape index (κ2) is 7.05. The fourth-order valence-corrected chi connectivity index (χ4v) is 2.60. The highest BCUT2D eigenvalue weighted by Crippen LogP contribution is 2.23. The van der Waals surface area contributed by atoms with Gasteiger partial charge in [0.05, 0.1) is 7.11 Å². The Morgan fingerprint density at radius 1 is 1.08 bits per heavy atom. The van der Waals surface area contributed by atoms with Crippen LogP contribution in [0.4, 0.5) is 0 Å². The summed E-state index contributed by atoms with van der Waals surface area (Å²) >= 11 is 0. The molecule has 0 aliphatic carbocycles. The number of fused-ring (bicyclic) bond motifs is 1. The maximum Gasteiger partial charge on any atom is 0.378 e. The van der Waals surface area contributed by atoms with E-state index in [9.17, 15) is 14.7 Å². The van der Waals surface area contributed by atoms with E-state index in [1.807, 2.05) is 42.5 Å². The first-order chi connectivity index (χ1) is 12.1. The van der Waals surface area contributed by atoms with Crippen molar-refractivity contribution < 1.29 is 23.8 Å². The molecule has 2 aromatic carbocycles. The van der Waals surface area contributed by atoms with Crippen molar-refractivity contribution in [1.29, 1.82) is 0 Å². The Bertz CT molecular complexity index is 960. The third-order valence-corrected chi connectivity index (χ3v) is 3.81. The molecule has 0 aliphatic heterocycles. The number of hydrogen-bond acceptors (Lipinski definition) is 5. The largest absolute Gasteiger partial charge is 0.504 e. The van der Waals surface area contributed by atoms with Gasteiger partial charge in [0.15, 0.2) is 11.5 Å². The predicted octanol–water partition coefficient (Wildman–Crippen LogP) is 3.66. The zero-order valence-electron chi connectivity index (χ0n) is 13.6. The molecule has 5 nitrogen and oxygen atoms in total. The lowest BCUT2D eigenvalue weighted by atomic mass is 10.0. The molecule has 0 aliphatic rings. The average molecular weight is 336 g/mol. The maximum absolute atomic E-state index is 11.4. The molecule has 0 amide bonds. The number of aliphatic hydroxyl groups is 1. The number of benzene rings is 2. The number of hydrogen-bond donors (Lipinski definition) is 1. The lowest BCUT2D eigenvalue weighted by Crippen LogP contribution is -2.12. The quantitative estimate of drug-likeness (QED) is 0.333. The second-order valence-electron chi connectivity index (χ2n) is 5.47. The zero-order chi connectivity index (χ0) is 17.8. The van der Waals surface area contributed by atoms with Crippen LogP contribution in [0.3, 0.4) is 0 Å². The minimum atomic E-state index is -1.05. The standard InChI is InChI=1S/C20H16O5/c1-24-20(23)18(22)12-17(21)19-10-9-15(25-19)11-14-7-4-6-13-5-2-3-8-16(13)14/h2-10,12,21H,11H2,1H3. The van der Waals surface area contributed by atoms with E-state index in [0.29, 0.717) is 12.2 Å². The second-order valence-corrected chi connectivity index (χ2v) is 5.47. The summed E-state index contributed by atoms with van der Waals surface area (Å²) < 4.78 is 9.89. The number of furan rings is 1. The topological polar surface area (TPSA) is 76.7 Å². The van der Waals surface area contributed by atoms with E-state index < -0.39 is 17.5 Å². The molecule has 0 bridgehead atoms. The van der Waals surface area contributed by atoms with Gasteiger partial charge in [0.1, 0.15) is 5.76 Å². The van der Waals surface area contributed by atoms with Crippen LogP contribution in [0.5, 0.6) is 0 Å². The van der Waals surface area contributed by atoms with Gasteiger partial charge in [-0.2, -0.15) is 0 Å². The third kappa shape index (κ3) is 3.61. The van der Waals surface area contributed by atoms with Gasteiger partial charge in [0, 0.05) is 12.5 Å². The molecule has 0 fully saturated rings. The molecule has 0 saturated heterocycles. The number of carbonyl (C=O) groups is 2. The summed E-state index contributed by atoms with van der Waals surface area (Å²) in [6.45, 7) is 0. The van der Waals surface area contributed by atoms with Crippen molar-refractivity contribution in [2.75, 3.05) is 7.11 Å². The first-order valence-corrected chi connectivity index (χ1v) is 7.67. The van der Waals surface area contributed by atoms with E-state index in [4.69, 9.17) is 4.42 Å². The van der Waals surface area contributed by atoms with Crippen LogP contribution in [-0.4, -0.2) is 24.0 Å². The van der Waals surface area contributed by atoms with Gasteiger partial charge in [0.2, 0.25) is 0 Å². The molecular formula is C20H16O5. The zero-order valence-corrected chi connectivity index (χ0v) is 13.6. The molecule has 1 N–H and O–H groups in total. The van der Waals surface area contributed by atoms with Crippen LogP contribution in [0, 0.1) is 0 Å². The number of ether oxygens (including phenoxy) is 1. The molecule has 1 heterocycles. The molecule has 5 heteroatoms. The fourth-order valence-electron chi connectivity index (χ4n) is 2.60. The van der Waals surface area contributed by atoms with Crippen LogP contribution in [0.2, 0.25) is 0 Å². The summed E-state index contributed by atoms with van der Waals surface area (Å²) in [5, 5.41) is 12.2. The summed E-state index contributed by atoms with van der Waals surface area (Å²) in [4.78, 5) is 22.5. The Morgan fingerprint density at radius 2 is 1.84 bits per heavy atom. The monoisotopic (exact) mass is 336 g/mol. The van der Waals surface area contributed by atoms with Crippen LogP contribution in [0.1, 0.15) is 17.1 Å². The first kappa shape index (κ1) is 16.5. The summed E-state index contributed by atoms with van der Waals surface area (Å²) in [6, 6.07) is 17.4. The van der Waals surface area contributed by atoms with Crippen molar-refractivity contribution in [1.82, 2.24) is 0 Å². The van der Waals surface area contributed by atoms with Gasteiger partial charge < -0.3 is 14.3 Å². The molecule has 0 saturated carbocycles. The van der Waals surface area contributed by atoms with Crippen molar-refractivity contribution in [2.24, 2.45) is 0 Å². The Morgan fingerprint density at radius 3 is 2.64 bits per heavy atom. The van der Waals surface area contributed by atoms with Gasteiger partial charge in [-0.1, -0.05) is 42.5 Å². The minimum Gasteiger partial charge on any atom is -0.504 e. The molecule has 0 atom stereocenters. The molecule has 0 radical (unpaired) electrons. The number of aliphatic hydroxyl groups excluding tert-OH is 1. The van der Waals surface area contributed by atoms with Gasteiger partial charge in [-0.25, -0.2) is 4.79 Å². The summed E-state index contributed by atoms with van der Waals surface area (Å²) in [5.41, 5.74) is 1.09. The van der Waals surface area contributed by atoms with Gasteiger partial charge in [-0.15, -0.1) is 0 Å². The highest BCUT2D eigenvalue weighted by Gasteiger charge is 2.15. The summed E-state index contributed by atoms with van der Waals surface area (Å²) in [7, 11) is 1.10. The van der Waals surface area contributed by atoms with Gasteiger partial charge in [-0.05, 0) is 28.5 Å². The predicted molar refractivity (Wildman–Crippen MR) is 93.1 cm³/mol. The lowest BCUT2D eigenvalue weighted by molar-refractivity contribution is -0.149. The van der Waals surface area contributed by atoms with E-state index in [-0.39, 0.29) is 5.76 Å². The van der Waals surface area contributed by atoms with E-state index in [2.05, 4.69) is 4.74 Å². The smallest absolute Gasteiger partial charge is 0.378 e. The average Bonchev–Trinajstić information content (AvgIpc) is 3.10. The minimum absolute atomic E-state index is 0.118. The lowest BCUT2D eigenvalue weighted by Gasteiger charge is -2.04. The first-order valence-electron chi connectivity index (χ1n) is 7.67. The Balaban J connectivity index is 1.83. The van der Waals surface area contributed by atoms with Gasteiger partial charge in [-0.3, -0.25) is 4.79 Å². The molecule has 3 aromatic rings. The van der Waals surface area contributed by atoms with E-state index in [1.54, 1.807) is 12.1 Å².